The van der Waals surface area contributed by atoms with Crippen LogP contribution in [0.25, 0.3) is 55.9 Å². The van der Waals surface area contributed by atoms with Crippen LogP contribution in [0.15, 0.2) is 125 Å². The van der Waals surface area contributed by atoms with Gasteiger partial charge >= 0.3 is 0 Å². The summed E-state index contributed by atoms with van der Waals surface area (Å²) in [4.78, 5) is 65.6. The number of aromatic nitrogens is 12. The molecule has 10 rings (SSSR count). The number of pyridine rings is 2. The van der Waals surface area contributed by atoms with E-state index in [1.165, 1.54) is 24.4 Å². The largest absolute Gasteiger partial charge is 0.365 e. The van der Waals surface area contributed by atoms with Crippen LogP contribution in [0.4, 0.5) is 0 Å². The van der Waals surface area contributed by atoms with Crippen molar-refractivity contribution in [3.8, 4) is 22.3 Å². The number of rotatable bonds is 8. The summed E-state index contributed by atoms with van der Waals surface area (Å²) in [7, 11) is 0. The zero-order chi connectivity index (χ0) is 44.0. The van der Waals surface area contributed by atoms with Gasteiger partial charge in [-0.05, 0) is 74.2 Å². The van der Waals surface area contributed by atoms with E-state index in [1.54, 1.807) is 21.5 Å². The molecule has 316 valence electrons. The van der Waals surface area contributed by atoms with Crippen molar-refractivity contribution in [2.24, 2.45) is 0 Å². The van der Waals surface area contributed by atoms with E-state index in [1.807, 2.05) is 113 Å². The molecule has 0 aliphatic heterocycles. The first kappa shape index (κ1) is 42.8. The molecule has 0 aliphatic rings. The Morgan fingerprint density at radius 2 is 1.22 bits per heavy atom. The number of H-pyrrole nitrogens is 3. The zero-order valence-corrected chi connectivity index (χ0v) is 37.1. The van der Waals surface area contributed by atoms with E-state index in [0.717, 1.165) is 61.0 Å². The van der Waals surface area contributed by atoms with Crippen LogP contribution in [0.3, 0.4) is 0 Å². The lowest BCUT2D eigenvalue weighted by molar-refractivity contribution is 0.167. The van der Waals surface area contributed by atoms with Crippen LogP contribution >= 0.6 is 36.6 Å². The van der Waals surface area contributed by atoms with E-state index in [-0.39, 0.29) is 23.7 Å². The van der Waals surface area contributed by atoms with Gasteiger partial charge in [0, 0.05) is 17.1 Å². The average molecular weight is 893 g/mol. The summed E-state index contributed by atoms with van der Waals surface area (Å²) in [6.45, 7) is 8.08. The van der Waals surface area contributed by atoms with Crippen LogP contribution in [0.1, 0.15) is 33.9 Å². The second-order valence-electron chi connectivity index (χ2n) is 14.2. The summed E-state index contributed by atoms with van der Waals surface area (Å²) in [6.07, 6.45) is 6.22. The second-order valence-corrected chi connectivity index (χ2v) is 15.8. The maximum atomic E-state index is 13.6. The molecule has 3 N–H and O–H groups in total. The van der Waals surface area contributed by atoms with Crippen molar-refractivity contribution in [3.63, 3.8) is 0 Å². The Bertz CT molecular complexity index is 3450. The number of hydrogen-bond acceptors (Lipinski definition) is 13. The van der Waals surface area contributed by atoms with Gasteiger partial charge in [-0.25, -0.2) is 34.9 Å². The highest BCUT2D eigenvalue weighted by atomic mass is 32.2. The number of imidazole rings is 2. The molecule has 0 unspecified atom stereocenters. The third-order valence-corrected chi connectivity index (χ3v) is 11.7. The Kier molecular flexibility index (Phi) is 12.9. The number of ether oxygens (including phenoxy) is 1. The first-order chi connectivity index (χ1) is 30.6. The first-order valence-electron chi connectivity index (χ1n) is 19.6. The van der Waals surface area contributed by atoms with Crippen molar-refractivity contribution in [1.29, 1.82) is 0 Å². The monoisotopic (exact) mass is 892 g/mol. The molecule has 0 bridgehead atoms. The molecule has 8 aromatic heterocycles. The Morgan fingerprint density at radius 1 is 0.651 bits per heavy atom. The van der Waals surface area contributed by atoms with Gasteiger partial charge in [-0.2, -0.15) is 12.6 Å². The van der Waals surface area contributed by atoms with Gasteiger partial charge in [-0.15, -0.1) is 0 Å². The van der Waals surface area contributed by atoms with Crippen LogP contribution in [-0.4, -0.2) is 64.6 Å². The van der Waals surface area contributed by atoms with Crippen molar-refractivity contribution in [3.05, 3.63) is 169 Å². The maximum absolute atomic E-state index is 13.6. The van der Waals surface area contributed by atoms with Gasteiger partial charge in [0.05, 0.1) is 54.0 Å². The van der Waals surface area contributed by atoms with Gasteiger partial charge < -0.3 is 19.7 Å². The van der Waals surface area contributed by atoms with Gasteiger partial charge in [0.25, 0.3) is 11.1 Å². The van der Waals surface area contributed by atoms with Crippen molar-refractivity contribution < 1.29 is 4.74 Å². The topological polar surface area (TPSA) is 190 Å². The summed E-state index contributed by atoms with van der Waals surface area (Å²) < 4.78 is 9.28. The average Bonchev–Trinajstić information content (AvgIpc) is 3.98. The fraction of sp³-hybridized carbons (Fsp3) is 0.156. The molecule has 18 heteroatoms. The van der Waals surface area contributed by atoms with E-state index in [9.17, 15) is 9.59 Å². The van der Waals surface area contributed by atoms with Gasteiger partial charge in [0.2, 0.25) is 0 Å². The zero-order valence-electron chi connectivity index (χ0n) is 34.5. The standard InChI is InChI=1S/C22H18N6OS.C18H18N2O2S.C5H4N4S/c1-13-6-3-4-8-15(13)18-16(27-17-9-5-7-14(2)28(17)22(18)29)10-30-21-19-20(24-11-23-19)25-12-26-21;1-12-6-3-4-8-14(12)17-15(10-22-11-23)19-16-9-5-7-13(2)20(16)18(17)21;10-5-3-4(7-1-6-3)8-2-9-5/h3-9,11-12H,10H2,1-2H3,(H,23,24,25,26);3-9,23H,10-11H2,1-2H3;1-2H,(H2,6,7,8,9,10). The SMILES string of the molecule is Cc1ccccc1-c1c(COCS)nc2cccc(C)n2c1=O.Cc1ccccc1-c1c(CSc2ncnc3nc[nH]c23)nc2cccc(C)n2c1=O.S=c1nc[nH]c2nc[nH]c12. The Balaban J connectivity index is 0.000000145. The number of benzene rings is 2. The molecular formula is C45H40N12O3S3. The van der Waals surface area contributed by atoms with Crippen LogP contribution in [0.2, 0.25) is 0 Å². The van der Waals surface area contributed by atoms with Crippen molar-refractivity contribution in [1.82, 2.24) is 58.6 Å². The molecule has 2 aromatic carbocycles. The van der Waals surface area contributed by atoms with Gasteiger partial charge in [-0.3, -0.25) is 18.4 Å². The van der Waals surface area contributed by atoms with E-state index < -0.39 is 0 Å². The predicted octanol–water partition coefficient (Wildman–Crippen LogP) is 8.33. The minimum atomic E-state index is -0.0693. The van der Waals surface area contributed by atoms with Crippen LogP contribution in [0.5, 0.6) is 0 Å². The Morgan fingerprint density at radius 3 is 1.84 bits per heavy atom. The molecule has 10 aromatic rings. The fourth-order valence-electron chi connectivity index (χ4n) is 7.14. The summed E-state index contributed by atoms with van der Waals surface area (Å²) in [6, 6.07) is 27.1. The number of thioether (sulfide) groups is 1. The molecule has 8 heterocycles. The lowest BCUT2D eigenvalue weighted by Crippen LogP contribution is -2.22. The summed E-state index contributed by atoms with van der Waals surface area (Å²) in [5.74, 6) is 0.774. The molecule has 0 fully saturated rings. The minimum Gasteiger partial charge on any atom is -0.365 e. The molecule has 0 atom stereocenters. The lowest BCUT2D eigenvalue weighted by atomic mass is 10.00. The molecule has 0 amide bonds. The van der Waals surface area contributed by atoms with Gasteiger partial charge in [-0.1, -0.05) is 84.6 Å². The van der Waals surface area contributed by atoms with E-state index in [2.05, 4.69) is 57.5 Å². The van der Waals surface area contributed by atoms with Crippen LogP contribution < -0.4 is 11.1 Å². The third-order valence-electron chi connectivity index (χ3n) is 10.2. The molecule has 0 saturated carbocycles. The van der Waals surface area contributed by atoms with Crippen molar-refractivity contribution in [2.75, 3.05) is 5.94 Å². The second kappa shape index (κ2) is 19.0. The molecule has 15 nitrogen and oxygen atoms in total. The number of hydrogen-bond donors (Lipinski definition) is 4. The summed E-state index contributed by atoms with van der Waals surface area (Å²) in [5.41, 5.74) is 12.3. The Labute approximate surface area is 374 Å². The van der Waals surface area contributed by atoms with Gasteiger partial charge in [0.1, 0.15) is 33.7 Å². The molecule has 0 radical (unpaired) electrons. The molecule has 63 heavy (non-hydrogen) atoms. The smallest absolute Gasteiger partial charge is 0.266 e. The van der Waals surface area contributed by atoms with E-state index in [4.69, 9.17) is 21.9 Å². The molecule has 0 saturated heterocycles. The first-order valence-corrected chi connectivity index (χ1v) is 21.6. The maximum Gasteiger partial charge on any atom is 0.266 e. The summed E-state index contributed by atoms with van der Waals surface area (Å²) >= 11 is 10.5. The number of aromatic amines is 3. The number of thiol groups is 1. The van der Waals surface area contributed by atoms with E-state index >= 15 is 0 Å². The predicted molar refractivity (Wildman–Crippen MR) is 252 cm³/mol. The number of fused-ring (bicyclic) bond motifs is 4. The highest BCUT2D eigenvalue weighted by molar-refractivity contribution is 7.98. The number of aryl methyl sites for hydroxylation is 4. The third kappa shape index (κ3) is 8.92. The number of nitrogens with one attached hydrogen (secondary N) is 3. The minimum absolute atomic E-state index is 0.0580. The fourth-order valence-corrected chi connectivity index (χ4v) is 8.34. The lowest BCUT2D eigenvalue weighted by Gasteiger charge is -2.14. The van der Waals surface area contributed by atoms with Gasteiger partial charge in [0.15, 0.2) is 15.9 Å². The summed E-state index contributed by atoms with van der Waals surface area (Å²) in [5, 5.41) is 0.777. The molecular weight excluding hydrogens is 853 g/mol. The Hall–Kier alpha value is -6.86. The quantitative estimate of drug-likeness (QED) is 0.0376. The van der Waals surface area contributed by atoms with Crippen LogP contribution in [0, 0.1) is 32.3 Å². The molecule has 0 spiro atoms. The van der Waals surface area contributed by atoms with E-state index in [0.29, 0.717) is 44.2 Å². The highest BCUT2D eigenvalue weighted by Gasteiger charge is 2.20. The van der Waals surface area contributed by atoms with Crippen LogP contribution in [-0.2, 0) is 17.1 Å². The highest BCUT2D eigenvalue weighted by Crippen LogP contribution is 2.30. The van der Waals surface area contributed by atoms with Crippen molar-refractivity contribution in [2.45, 2.75) is 45.1 Å². The molecule has 0 aliphatic carbocycles. The number of nitrogens with zero attached hydrogens (tertiary/aromatic N) is 9. The normalized spacial score (nSPS) is 11.1. The van der Waals surface area contributed by atoms with Crippen molar-refractivity contribution >= 4 is 70.2 Å².